The molecule has 0 saturated carbocycles. The van der Waals surface area contributed by atoms with Gasteiger partial charge in [0.2, 0.25) is 0 Å². The van der Waals surface area contributed by atoms with Gasteiger partial charge in [-0.2, -0.15) is 0 Å². The average molecular weight is 900 g/mol. The minimum Gasteiger partial charge on any atom is -0.310 e. The summed E-state index contributed by atoms with van der Waals surface area (Å²) in [5, 5.41) is 2.50. The number of benzene rings is 10. The zero-order valence-corrected chi connectivity index (χ0v) is 41.0. The Balaban J connectivity index is 1.16. The van der Waals surface area contributed by atoms with Crippen LogP contribution >= 0.6 is 0 Å². The van der Waals surface area contributed by atoms with Gasteiger partial charge in [-0.15, -0.1) is 0 Å². The van der Waals surface area contributed by atoms with Crippen molar-refractivity contribution in [2.24, 2.45) is 0 Å². The highest BCUT2D eigenvalue weighted by atomic mass is 15.1. The topological polar surface area (TPSA) is 3.24 Å². The molecule has 0 bridgehead atoms. The second kappa shape index (κ2) is 16.3. The Morgan fingerprint density at radius 1 is 0.414 bits per heavy atom. The molecule has 1 atom stereocenters. The van der Waals surface area contributed by atoms with Gasteiger partial charge in [-0.25, -0.2) is 0 Å². The molecule has 70 heavy (non-hydrogen) atoms. The molecule has 0 spiro atoms. The van der Waals surface area contributed by atoms with Crippen LogP contribution in [0.5, 0.6) is 0 Å². The van der Waals surface area contributed by atoms with Crippen molar-refractivity contribution in [1.82, 2.24) is 0 Å². The second-order valence-electron chi connectivity index (χ2n) is 21.1. The van der Waals surface area contributed by atoms with E-state index >= 15 is 0 Å². The highest BCUT2D eigenvalue weighted by Gasteiger charge is 2.47. The maximum absolute atomic E-state index is 4.47. The Morgan fingerprint density at radius 2 is 1.01 bits per heavy atom. The monoisotopic (exact) mass is 899 g/mol. The van der Waals surface area contributed by atoms with E-state index in [1.165, 1.54) is 94.2 Å². The third-order valence-corrected chi connectivity index (χ3v) is 15.5. The molecule has 0 aromatic heterocycles. The third kappa shape index (κ3) is 6.82. The number of anilines is 3. The highest BCUT2D eigenvalue weighted by molar-refractivity contribution is 5.99. The van der Waals surface area contributed by atoms with Gasteiger partial charge in [0.1, 0.15) is 0 Å². The van der Waals surface area contributed by atoms with Crippen LogP contribution in [0.2, 0.25) is 0 Å². The van der Waals surface area contributed by atoms with Crippen LogP contribution in [0.4, 0.5) is 17.1 Å². The summed E-state index contributed by atoms with van der Waals surface area (Å²) in [6.07, 6.45) is 0. The molecule has 2 aliphatic rings. The molecule has 0 N–H and O–H groups in total. The second-order valence-corrected chi connectivity index (χ2v) is 21.1. The molecular weight excluding hydrogens is 843 g/mol. The Labute approximate surface area is 414 Å². The smallest absolute Gasteiger partial charge is 0.0714 e. The molecular formula is C69H57N. The number of nitrogens with zero attached hydrogens (tertiary/aromatic N) is 1. The Bertz CT molecular complexity index is 3710. The maximum Gasteiger partial charge on any atom is 0.0714 e. The quantitative estimate of drug-likeness (QED) is 0.147. The molecule has 0 saturated heterocycles. The van der Waals surface area contributed by atoms with E-state index < -0.39 is 5.41 Å². The zero-order valence-electron chi connectivity index (χ0n) is 41.0. The first-order valence-corrected chi connectivity index (χ1v) is 24.8. The summed E-state index contributed by atoms with van der Waals surface area (Å²) < 4.78 is 0. The van der Waals surface area contributed by atoms with E-state index in [0.717, 1.165) is 28.2 Å². The molecule has 1 heteroatoms. The number of allylic oxidation sites excluding steroid dienone is 1. The van der Waals surface area contributed by atoms with E-state index in [-0.39, 0.29) is 10.8 Å². The largest absolute Gasteiger partial charge is 0.310 e. The number of hydrogen-bond donors (Lipinski definition) is 0. The van der Waals surface area contributed by atoms with Crippen LogP contribution in [0.15, 0.2) is 231 Å². The van der Waals surface area contributed by atoms with Gasteiger partial charge in [0.25, 0.3) is 0 Å². The number of hydrogen-bond acceptors (Lipinski definition) is 1. The Hall–Kier alpha value is -8.00. The van der Waals surface area contributed by atoms with Crippen LogP contribution in [0.25, 0.3) is 60.9 Å². The summed E-state index contributed by atoms with van der Waals surface area (Å²) in [4.78, 5) is 2.50. The molecule has 1 nitrogen and oxygen atoms in total. The molecule has 0 radical (unpaired) electrons. The van der Waals surface area contributed by atoms with Crippen molar-refractivity contribution in [2.45, 2.75) is 57.8 Å². The third-order valence-electron chi connectivity index (χ3n) is 15.5. The summed E-state index contributed by atoms with van der Waals surface area (Å²) in [6.45, 7) is 18.3. The van der Waals surface area contributed by atoms with Gasteiger partial charge in [0, 0.05) is 22.5 Å². The number of rotatable bonds is 8. The van der Waals surface area contributed by atoms with Gasteiger partial charge in [-0.05, 0) is 161 Å². The van der Waals surface area contributed by atoms with E-state index in [0.29, 0.717) is 0 Å². The highest BCUT2D eigenvalue weighted by Crippen LogP contribution is 2.59. The summed E-state index contributed by atoms with van der Waals surface area (Å²) in [6, 6.07) is 84.5. The lowest BCUT2D eigenvalue weighted by atomic mass is 9.66. The van der Waals surface area contributed by atoms with E-state index in [1.807, 2.05) is 0 Å². The van der Waals surface area contributed by atoms with E-state index in [9.17, 15) is 0 Å². The fraction of sp³-hybridized carbons (Fsp3) is 0.130. The lowest BCUT2D eigenvalue weighted by Crippen LogP contribution is -2.29. The number of fused-ring (bicyclic) bond motifs is 7. The van der Waals surface area contributed by atoms with Crippen molar-refractivity contribution < 1.29 is 0 Å². The van der Waals surface area contributed by atoms with Crippen molar-refractivity contribution in [3.05, 3.63) is 276 Å². The van der Waals surface area contributed by atoms with Crippen molar-refractivity contribution in [2.75, 3.05) is 4.90 Å². The van der Waals surface area contributed by atoms with Gasteiger partial charge in [-0.1, -0.05) is 223 Å². The lowest BCUT2D eigenvalue weighted by Gasteiger charge is -2.36. The zero-order chi connectivity index (χ0) is 47.9. The molecule has 338 valence electrons. The first-order chi connectivity index (χ1) is 33.9. The molecule has 1 unspecified atom stereocenters. The predicted molar refractivity (Wildman–Crippen MR) is 298 cm³/mol. The SMILES string of the molecule is C=C(C)c1cccc(C2(c3cccc(C(C)(C)C)c3)c3ccc(-c4cccc5ccccc45)cc3-c3ccc(N(c4cccc(-c5ccccc5)c4)c4ccc5c(c4)C(C)(C)c4ccccc4-5)cc32)c1. The van der Waals surface area contributed by atoms with Gasteiger partial charge >= 0.3 is 0 Å². The minimum atomic E-state index is -0.677. The van der Waals surface area contributed by atoms with E-state index in [4.69, 9.17) is 0 Å². The maximum atomic E-state index is 4.47. The van der Waals surface area contributed by atoms with E-state index in [1.54, 1.807) is 0 Å². The summed E-state index contributed by atoms with van der Waals surface area (Å²) in [5.41, 5.74) is 23.6. The Morgan fingerprint density at radius 3 is 1.80 bits per heavy atom. The van der Waals surface area contributed by atoms with Crippen LogP contribution in [0.3, 0.4) is 0 Å². The molecule has 0 heterocycles. The molecule has 2 aliphatic carbocycles. The summed E-state index contributed by atoms with van der Waals surface area (Å²) in [5.74, 6) is 0. The molecule has 10 aromatic carbocycles. The van der Waals surface area contributed by atoms with Crippen molar-refractivity contribution in [3.63, 3.8) is 0 Å². The molecule has 0 amide bonds. The summed E-state index contributed by atoms with van der Waals surface area (Å²) in [7, 11) is 0. The minimum absolute atomic E-state index is 0.0668. The first kappa shape index (κ1) is 43.3. The molecule has 0 aliphatic heterocycles. The van der Waals surface area contributed by atoms with E-state index in [2.05, 4.69) is 277 Å². The molecule has 12 rings (SSSR count). The van der Waals surface area contributed by atoms with Crippen LogP contribution in [-0.2, 0) is 16.2 Å². The van der Waals surface area contributed by atoms with Gasteiger partial charge in [0.05, 0.1) is 5.41 Å². The standard InChI is InChI=1S/C69H57N/c1-45(2)48-23-15-26-52(39-48)69(53-27-18-25-51(42-53)67(3,4)5)64-38-33-50(58-31-17-22-47-21-11-12-29-57(47)58)41-62(64)61-37-35-56(44-66(61)69)70(54-28-16-24-49(40-54)46-19-9-8-10-20-46)55-34-36-60-59-30-13-14-32-63(59)68(6,7)65(60)43-55/h8-44H,1H2,2-7H3. The van der Waals surface area contributed by atoms with Crippen LogP contribution in [-0.4, -0.2) is 0 Å². The van der Waals surface area contributed by atoms with Crippen LogP contribution in [0.1, 0.15) is 86.1 Å². The van der Waals surface area contributed by atoms with Crippen LogP contribution < -0.4 is 4.90 Å². The lowest BCUT2D eigenvalue weighted by molar-refractivity contribution is 0.587. The fourth-order valence-corrected chi connectivity index (χ4v) is 11.9. The normalized spacial score (nSPS) is 15.2. The summed E-state index contributed by atoms with van der Waals surface area (Å²) >= 11 is 0. The van der Waals surface area contributed by atoms with Crippen molar-refractivity contribution >= 4 is 33.4 Å². The van der Waals surface area contributed by atoms with Gasteiger partial charge in [0.15, 0.2) is 0 Å². The predicted octanol–water partition coefficient (Wildman–Crippen LogP) is 18.6. The molecule has 0 fully saturated rings. The Kier molecular flexibility index (Phi) is 10.1. The first-order valence-electron chi connectivity index (χ1n) is 24.8. The van der Waals surface area contributed by atoms with Gasteiger partial charge in [-0.3, -0.25) is 0 Å². The average Bonchev–Trinajstić information content (AvgIpc) is 3.80. The van der Waals surface area contributed by atoms with Gasteiger partial charge < -0.3 is 4.90 Å². The fourth-order valence-electron chi connectivity index (χ4n) is 11.9. The van der Waals surface area contributed by atoms with Crippen molar-refractivity contribution in [3.8, 4) is 44.5 Å². The molecule has 10 aromatic rings. The van der Waals surface area contributed by atoms with Crippen molar-refractivity contribution in [1.29, 1.82) is 0 Å². The van der Waals surface area contributed by atoms with Crippen LogP contribution in [0, 0.1) is 0 Å².